The second-order valence-corrected chi connectivity index (χ2v) is 5.50. The van der Waals surface area contributed by atoms with Crippen molar-refractivity contribution in [2.24, 2.45) is 0 Å². The standard InChI is InChI=1S/C9H13.C5H5.C2H7Si.2ClH.Zr/c1-6-5-7(2)9(4)8(6)3;1-2-4-5-3-1;1-3-2;;;/h5H,1-4H3;1-3H,4H2;3H,1-2H3;2*1H;/q2*-1;;;;+2. The molecular formula is C16H27Cl2SiZr. The van der Waals surface area contributed by atoms with Crippen molar-refractivity contribution in [1.82, 2.24) is 0 Å². The van der Waals surface area contributed by atoms with Crippen molar-refractivity contribution in [1.29, 1.82) is 0 Å². The molecule has 0 spiro atoms. The molecule has 2 rings (SSSR count). The smallest absolute Gasteiger partial charge is 0.273 e. The van der Waals surface area contributed by atoms with E-state index in [-0.39, 0.29) is 51.0 Å². The van der Waals surface area contributed by atoms with Gasteiger partial charge in [0.2, 0.25) is 0 Å². The van der Waals surface area contributed by atoms with Crippen molar-refractivity contribution < 1.29 is 26.2 Å². The minimum absolute atomic E-state index is 0. The number of aryl methyl sites for hydroxylation is 2. The molecule has 0 saturated heterocycles. The van der Waals surface area contributed by atoms with Crippen LogP contribution < -0.4 is 0 Å². The van der Waals surface area contributed by atoms with Crippen LogP contribution >= 0.6 is 24.8 Å². The van der Waals surface area contributed by atoms with E-state index in [4.69, 9.17) is 0 Å². The van der Waals surface area contributed by atoms with Gasteiger partial charge >= 0.3 is 26.2 Å². The van der Waals surface area contributed by atoms with Crippen LogP contribution in [0.5, 0.6) is 0 Å². The van der Waals surface area contributed by atoms with Gasteiger partial charge in [-0.05, 0) is 0 Å². The quantitative estimate of drug-likeness (QED) is 0.403. The van der Waals surface area contributed by atoms with Crippen molar-refractivity contribution in [3.05, 3.63) is 52.6 Å². The maximum absolute atomic E-state index is 2.99. The molecule has 0 heterocycles. The van der Waals surface area contributed by atoms with Crippen LogP contribution in [0.1, 0.15) is 28.7 Å². The molecule has 4 heteroatoms. The minimum atomic E-state index is 0. The summed E-state index contributed by atoms with van der Waals surface area (Å²) in [6.07, 6.45) is 10.0. The molecule has 1 aliphatic rings. The fourth-order valence-corrected chi connectivity index (χ4v) is 1.47. The topological polar surface area (TPSA) is 0 Å². The first-order chi connectivity index (χ1) is 8.04. The van der Waals surface area contributed by atoms with Crippen molar-refractivity contribution in [3.8, 4) is 0 Å². The number of hydrogen-bond donors (Lipinski definition) is 0. The third-order valence-electron chi connectivity index (χ3n) is 2.76. The Kier molecular flexibility index (Phi) is 25.1. The average molecular weight is 410 g/mol. The molecule has 0 aromatic heterocycles. The second-order valence-electron chi connectivity index (χ2n) is 4.34. The molecule has 0 bridgehead atoms. The van der Waals surface area contributed by atoms with Crippen LogP contribution in [0.4, 0.5) is 0 Å². The van der Waals surface area contributed by atoms with Crippen LogP contribution in [0.25, 0.3) is 0 Å². The maximum Gasteiger partial charge on any atom is 2.00 e. The summed E-state index contributed by atoms with van der Waals surface area (Å²) < 4.78 is 0. The Morgan fingerprint density at radius 1 is 1.15 bits per heavy atom. The van der Waals surface area contributed by atoms with E-state index in [0.29, 0.717) is 0 Å². The van der Waals surface area contributed by atoms with Gasteiger partial charge in [-0.25, -0.2) is 12.2 Å². The van der Waals surface area contributed by atoms with E-state index in [1.54, 1.807) is 0 Å². The fourth-order valence-electron chi connectivity index (χ4n) is 1.47. The fraction of sp³-hybridized carbons (Fsp3) is 0.438. The first kappa shape index (κ1) is 28.6. The third kappa shape index (κ3) is 12.3. The predicted molar refractivity (Wildman–Crippen MR) is 95.9 cm³/mol. The summed E-state index contributed by atoms with van der Waals surface area (Å²) in [5.74, 6) is 0. The average Bonchev–Trinajstić information content (AvgIpc) is 2.91. The Morgan fingerprint density at radius 2 is 1.65 bits per heavy atom. The Labute approximate surface area is 159 Å². The third-order valence-corrected chi connectivity index (χ3v) is 2.76. The number of halogens is 2. The zero-order valence-electron chi connectivity index (χ0n) is 13.4. The Hall–Kier alpha value is 0.510. The minimum Gasteiger partial charge on any atom is -0.273 e. The van der Waals surface area contributed by atoms with E-state index in [1.165, 1.54) is 22.3 Å². The van der Waals surface area contributed by atoms with Crippen molar-refractivity contribution in [2.45, 2.75) is 47.2 Å². The van der Waals surface area contributed by atoms with Gasteiger partial charge in [-0.3, -0.25) is 6.08 Å². The number of allylic oxidation sites excluding steroid dienone is 4. The molecule has 113 valence electrons. The predicted octanol–water partition coefficient (Wildman–Crippen LogP) is 5.31. The van der Waals surface area contributed by atoms with E-state index >= 15 is 0 Å². The molecule has 1 radical (unpaired) electrons. The van der Waals surface area contributed by atoms with Crippen LogP contribution in [0.15, 0.2) is 24.3 Å². The second kappa shape index (κ2) is 17.6. The summed E-state index contributed by atoms with van der Waals surface area (Å²) in [6.45, 7) is 13.1. The van der Waals surface area contributed by atoms with E-state index in [9.17, 15) is 0 Å². The molecule has 0 nitrogen and oxygen atoms in total. The zero-order valence-corrected chi connectivity index (χ0v) is 18.7. The van der Waals surface area contributed by atoms with E-state index in [1.807, 2.05) is 12.2 Å². The molecule has 20 heavy (non-hydrogen) atoms. The zero-order chi connectivity index (χ0) is 13.3. The SMILES string of the molecule is C[SiH]C.Cc1c[c-](C)c(C)c1C.Cl.Cl.[C-]1=CC=CC1.[Zr+2]. The van der Waals surface area contributed by atoms with Gasteiger partial charge in [0, 0.05) is 9.52 Å². The molecule has 1 aromatic rings. The van der Waals surface area contributed by atoms with Crippen LogP contribution in [0.3, 0.4) is 0 Å². The normalized spacial score (nSPS) is 9.90. The van der Waals surface area contributed by atoms with Gasteiger partial charge in [-0.2, -0.15) is 34.4 Å². The van der Waals surface area contributed by atoms with Crippen molar-refractivity contribution in [2.75, 3.05) is 0 Å². The summed E-state index contributed by atoms with van der Waals surface area (Å²) in [6, 6.07) is 2.24. The molecule has 1 aromatic carbocycles. The van der Waals surface area contributed by atoms with Crippen LogP contribution in [0.2, 0.25) is 13.1 Å². The molecule has 0 fully saturated rings. The molecule has 0 N–H and O–H groups in total. The van der Waals surface area contributed by atoms with Crippen LogP contribution in [0, 0.1) is 33.8 Å². The molecule has 0 aliphatic heterocycles. The summed E-state index contributed by atoms with van der Waals surface area (Å²) in [7, 11) is 0.750. The van der Waals surface area contributed by atoms with Gasteiger partial charge in [0.15, 0.2) is 0 Å². The van der Waals surface area contributed by atoms with E-state index < -0.39 is 0 Å². The Balaban J connectivity index is -0.000000102. The summed E-state index contributed by atoms with van der Waals surface area (Å²) in [5.41, 5.74) is 5.75. The van der Waals surface area contributed by atoms with Gasteiger partial charge in [-0.15, -0.1) is 31.2 Å². The van der Waals surface area contributed by atoms with Crippen molar-refractivity contribution in [3.63, 3.8) is 0 Å². The molecule has 1 aliphatic carbocycles. The first-order valence-corrected chi connectivity index (χ1v) is 8.51. The molecular weight excluding hydrogens is 382 g/mol. The molecule has 0 atom stereocenters. The number of rotatable bonds is 0. The monoisotopic (exact) mass is 407 g/mol. The van der Waals surface area contributed by atoms with Gasteiger partial charge in [-0.1, -0.05) is 40.8 Å². The van der Waals surface area contributed by atoms with E-state index in [2.05, 4.69) is 59.0 Å². The molecule has 0 unspecified atom stereocenters. The van der Waals surface area contributed by atoms with Gasteiger partial charge in [0.05, 0.1) is 0 Å². The molecule has 0 saturated carbocycles. The Morgan fingerprint density at radius 3 is 1.75 bits per heavy atom. The van der Waals surface area contributed by atoms with Gasteiger partial charge in [0.25, 0.3) is 0 Å². The number of hydrogen-bond acceptors (Lipinski definition) is 0. The van der Waals surface area contributed by atoms with E-state index in [0.717, 1.165) is 15.9 Å². The van der Waals surface area contributed by atoms with Gasteiger partial charge in [0.1, 0.15) is 0 Å². The summed E-state index contributed by atoms with van der Waals surface area (Å²) in [5, 5.41) is 0. The maximum atomic E-state index is 2.99. The first-order valence-electron chi connectivity index (χ1n) is 6.20. The van der Waals surface area contributed by atoms with Gasteiger partial charge < -0.3 is 0 Å². The van der Waals surface area contributed by atoms with Crippen molar-refractivity contribution >= 4 is 34.3 Å². The van der Waals surface area contributed by atoms with Crippen LogP contribution in [-0.2, 0) is 26.2 Å². The Bertz CT molecular complexity index is 350. The van der Waals surface area contributed by atoms with Crippen LogP contribution in [-0.4, -0.2) is 9.52 Å². The summed E-state index contributed by atoms with van der Waals surface area (Å²) >= 11 is 0. The largest absolute Gasteiger partial charge is 2.00 e. The molecule has 0 amide bonds. The summed E-state index contributed by atoms with van der Waals surface area (Å²) in [4.78, 5) is 0.